The van der Waals surface area contributed by atoms with Crippen molar-refractivity contribution in [2.24, 2.45) is 7.05 Å². The van der Waals surface area contributed by atoms with Gasteiger partial charge in [0.1, 0.15) is 11.7 Å². The van der Waals surface area contributed by atoms with Gasteiger partial charge in [-0.25, -0.2) is 9.48 Å². The van der Waals surface area contributed by atoms with Gasteiger partial charge in [-0.2, -0.15) is 0 Å². The molecule has 1 amide bonds. The Balaban J connectivity index is 2.50. The van der Waals surface area contributed by atoms with Gasteiger partial charge in [-0.05, 0) is 12.8 Å². The maximum Gasteiger partial charge on any atom is 0.326 e. The lowest BCUT2D eigenvalue weighted by Gasteiger charge is -2.31. The number of aryl methyl sites for hydroxylation is 2. The third-order valence-corrected chi connectivity index (χ3v) is 2.68. The molecule has 1 aliphatic heterocycles. The van der Waals surface area contributed by atoms with Gasteiger partial charge < -0.3 is 5.11 Å². The Bertz CT molecular complexity index is 454. The van der Waals surface area contributed by atoms with Crippen LogP contribution in [0, 0.1) is 0 Å². The highest BCUT2D eigenvalue weighted by molar-refractivity contribution is 5.98. The Kier molecular flexibility index (Phi) is 2.37. The van der Waals surface area contributed by atoms with Crippen LogP contribution in [0.1, 0.15) is 19.0 Å². The number of aliphatic carboxylic acids is 1. The normalized spacial score (nSPS) is 19.4. The molecule has 1 unspecified atom stereocenters. The summed E-state index contributed by atoms with van der Waals surface area (Å²) in [6.07, 6.45) is 0.907. The van der Waals surface area contributed by atoms with Gasteiger partial charge >= 0.3 is 5.97 Å². The Morgan fingerprint density at radius 2 is 2.19 bits per heavy atom. The van der Waals surface area contributed by atoms with Crippen LogP contribution in [0.4, 0.5) is 5.82 Å². The standard InChI is InChI=1S/C9H12N4O3/c1-5(14)13-7(9(15)16)4-3-6-8(13)12(2)11-10-6/h7H,3-4H2,1-2H3,(H,15,16). The molecule has 1 aromatic heterocycles. The fourth-order valence-corrected chi connectivity index (χ4v) is 2.00. The minimum Gasteiger partial charge on any atom is -0.480 e. The summed E-state index contributed by atoms with van der Waals surface area (Å²) in [5.41, 5.74) is 0.676. The van der Waals surface area contributed by atoms with E-state index in [-0.39, 0.29) is 5.91 Å². The van der Waals surface area contributed by atoms with E-state index in [1.807, 2.05) is 0 Å². The zero-order chi connectivity index (χ0) is 11.9. The van der Waals surface area contributed by atoms with Crippen LogP contribution in [0.25, 0.3) is 0 Å². The first-order valence-electron chi connectivity index (χ1n) is 4.93. The summed E-state index contributed by atoms with van der Waals surface area (Å²) in [5.74, 6) is -0.813. The Morgan fingerprint density at radius 3 is 2.75 bits per heavy atom. The number of nitrogens with zero attached hydrogens (tertiary/aromatic N) is 4. The highest BCUT2D eigenvalue weighted by Gasteiger charge is 2.37. The number of fused-ring (bicyclic) bond motifs is 1. The molecule has 2 heterocycles. The highest BCUT2D eigenvalue weighted by atomic mass is 16.4. The molecule has 0 bridgehead atoms. The highest BCUT2D eigenvalue weighted by Crippen LogP contribution is 2.28. The lowest BCUT2D eigenvalue weighted by atomic mass is 10.0. The third kappa shape index (κ3) is 1.44. The molecule has 7 heteroatoms. The number of aromatic nitrogens is 3. The smallest absolute Gasteiger partial charge is 0.326 e. The number of carboxylic acid groups (broad SMARTS) is 1. The molecule has 1 atom stereocenters. The molecule has 0 aliphatic carbocycles. The van der Waals surface area contributed by atoms with E-state index < -0.39 is 12.0 Å². The SMILES string of the molecule is CC(=O)N1c2c(nnn2C)CCC1C(=O)O. The van der Waals surface area contributed by atoms with Gasteiger partial charge in [0.15, 0.2) is 5.82 Å². The number of rotatable bonds is 1. The average molecular weight is 224 g/mol. The average Bonchev–Trinajstić information content (AvgIpc) is 2.59. The van der Waals surface area contributed by atoms with Crippen LogP contribution in [-0.4, -0.2) is 38.0 Å². The zero-order valence-electron chi connectivity index (χ0n) is 9.04. The lowest BCUT2D eigenvalue weighted by Crippen LogP contribution is -2.48. The van der Waals surface area contributed by atoms with Crippen molar-refractivity contribution in [2.45, 2.75) is 25.8 Å². The maximum atomic E-state index is 11.5. The molecule has 1 aromatic rings. The monoisotopic (exact) mass is 224 g/mol. The van der Waals surface area contributed by atoms with E-state index in [9.17, 15) is 9.59 Å². The molecular weight excluding hydrogens is 212 g/mol. The van der Waals surface area contributed by atoms with Crippen LogP contribution in [0.3, 0.4) is 0 Å². The lowest BCUT2D eigenvalue weighted by molar-refractivity contribution is -0.140. The predicted molar refractivity (Wildman–Crippen MR) is 53.9 cm³/mol. The Labute approximate surface area is 91.7 Å². The van der Waals surface area contributed by atoms with Gasteiger partial charge in [-0.3, -0.25) is 9.69 Å². The number of anilines is 1. The van der Waals surface area contributed by atoms with Crippen molar-refractivity contribution in [1.29, 1.82) is 0 Å². The van der Waals surface area contributed by atoms with Crippen molar-refractivity contribution < 1.29 is 14.7 Å². The predicted octanol–water partition coefficient (Wildman–Crippen LogP) is -0.433. The molecule has 86 valence electrons. The van der Waals surface area contributed by atoms with Crippen molar-refractivity contribution in [1.82, 2.24) is 15.0 Å². The van der Waals surface area contributed by atoms with E-state index in [1.54, 1.807) is 7.05 Å². The molecule has 0 aromatic carbocycles. The fourth-order valence-electron chi connectivity index (χ4n) is 2.00. The van der Waals surface area contributed by atoms with E-state index in [0.717, 1.165) is 0 Å². The minimum absolute atomic E-state index is 0.307. The Hall–Kier alpha value is -1.92. The maximum absolute atomic E-state index is 11.5. The van der Waals surface area contributed by atoms with Crippen LogP contribution in [-0.2, 0) is 23.1 Å². The second kappa shape index (κ2) is 3.58. The molecule has 7 nitrogen and oxygen atoms in total. The quantitative estimate of drug-likeness (QED) is 0.699. The van der Waals surface area contributed by atoms with Gasteiger partial charge in [-0.15, -0.1) is 5.10 Å². The number of hydrogen-bond acceptors (Lipinski definition) is 4. The molecule has 0 saturated heterocycles. The van der Waals surface area contributed by atoms with Gasteiger partial charge in [0.05, 0.1) is 0 Å². The first-order valence-corrected chi connectivity index (χ1v) is 4.93. The molecule has 0 radical (unpaired) electrons. The van der Waals surface area contributed by atoms with Crippen molar-refractivity contribution in [3.05, 3.63) is 5.69 Å². The second-order valence-corrected chi connectivity index (χ2v) is 3.77. The van der Waals surface area contributed by atoms with Crippen LogP contribution >= 0.6 is 0 Å². The van der Waals surface area contributed by atoms with Crippen molar-refractivity contribution >= 4 is 17.7 Å². The summed E-state index contributed by atoms with van der Waals surface area (Å²) in [4.78, 5) is 23.8. The minimum atomic E-state index is -0.998. The topological polar surface area (TPSA) is 88.3 Å². The second-order valence-electron chi connectivity index (χ2n) is 3.77. The summed E-state index contributed by atoms with van der Waals surface area (Å²) >= 11 is 0. The van der Waals surface area contributed by atoms with Crippen LogP contribution in [0.2, 0.25) is 0 Å². The summed E-state index contributed by atoms with van der Waals surface area (Å²) in [6.45, 7) is 1.35. The van der Waals surface area contributed by atoms with Crippen molar-refractivity contribution in [2.75, 3.05) is 4.90 Å². The van der Waals surface area contributed by atoms with Crippen LogP contribution in [0.5, 0.6) is 0 Å². The molecule has 0 saturated carbocycles. The molecule has 16 heavy (non-hydrogen) atoms. The number of carboxylic acids is 1. The first kappa shape index (κ1) is 10.6. The van der Waals surface area contributed by atoms with E-state index in [0.29, 0.717) is 24.4 Å². The zero-order valence-corrected chi connectivity index (χ0v) is 9.04. The van der Waals surface area contributed by atoms with E-state index in [4.69, 9.17) is 5.11 Å². The van der Waals surface area contributed by atoms with E-state index >= 15 is 0 Å². The largest absolute Gasteiger partial charge is 0.480 e. The van der Waals surface area contributed by atoms with Crippen LogP contribution in [0.15, 0.2) is 0 Å². The third-order valence-electron chi connectivity index (χ3n) is 2.68. The van der Waals surface area contributed by atoms with Gasteiger partial charge in [-0.1, -0.05) is 5.21 Å². The van der Waals surface area contributed by atoms with Gasteiger partial charge in [0.25, 0.3) is 0 Å². The number of carbonyl (C=O) groups is 2. The van der Waals surface area contributed by atoms with Crippen molar-refractivity contribution in [3.8, 4) is 0 Å². The van der Waals surface area contributed by atoms with Gasteiger partial charge in [0, 0.05) is 14.0 Å². The van der Waals surface area contributed by atoms with E-state index in [2.05, 4.69) is 10.3 Å². The summed E-state index contributed by atoms with van der Waals surface area (Å²) < 4.78 is 1.44. The molecule has 1 N–H and O–H groups in total. The molecule has 2 rings (SSSR count). The molecule has 0 fully saturated rings. The summed E-state index contributed by atoms with van der Waals surface area (Å²) in [6, 6.07) is -0.817. The summed E-state index contributed by atoms with van der Waals surface area (Å²) in [7, 11) is 1.64. The summed E-state index contributed by atoms with van der Waals surface area (Å²) in [5, 5.41) is 16.8. The van der Waals surface area contributed by atoms with Crippen LogP contribution < -0.4 is 4.90 Å². The first-order chi connectivity index (χ1) is 7.52. The molecule has 0 spiro atoms. The molecule has 1 aliphatic rings. The number of amides is 1. The Morgan fingerprint density at radius 1 is 1.50 bits per heavy atom. The number of hydrogen-bond donors (Lipinski definition) is 1. The fraction of sp³-hybridized carbons (Fsp3) is 0.556. The van der Waals surface area contributed by atoms with E-state index in [1.165, 1.54) is 16.5 Å². The van der Waals surface area contributed by atoms with Crippen molar-refractivity contribution in [3.63, 3.8) is 0 Å². The molecular formula is C9H12N4O3. The van der Waals surface area contributed by atoms with Gasteiger partial charge in [0.2, 0.25) is 5.91 Å². The number of carbonyl (C=O) groups excluding carboxylic acids is 1.